The number of benzene rings is 1. The van der Waals surface area contributed by atoms with Gasteiger partial charge in [0.2, 0.25) is 0 Å². The van der Waals surface area contributed by atoms with Crippen LogP contribution in [0.25, 0.3) is 5.82 Å². The average Bonchev–Trinajstić information content (AvgIpc) is 3.20. The van der Waals surface area contributed by atoms with E-state index < -0.39 is 12.0 Å². The summed E-state index contributed by atoms with van der Waals surface area (Å²) in [4.78, 5) is 28.9. The monoisotopic (exact) mass is 435 g/mol. The zero-order chi connectivity index (χ0) is 22.5. The number of hydrogen-bond acceptors (Lipinski definition) is 7. The predicted octanol–water partition coefficient (Wildman–Crippen LogP) is 3.40. The number of aryl methyl sites for hydroxylation is 1. The van der Waals surface area contributed by atoms with Crippen molar-refractivity contribution in [3.05, 3.63) is 64.1 Å². The van der Waals surface area contributed by atoms with Gasteiger partial charge in [0.15, 0.2) is 11.5 Å². The molecule has 10 nitrogen and oxygen atoms in total. The summed E-state index contributed by atoms with van der Waals surface area (Å²) >= 11 is 6.18. The fourth-order valence-electron chi connectivity index (χ4n) is 2.75. The quantitative estimate of drug-likeness (QED) is 0.638. The molecule has 2 amide bonds. The maximum absolute atomic E-state index is 13.1. The molecule has 154 valence electrons. The topological polar surface area (TPSA) is 146 Å². The van der Waals surface area contributed by atoms with Crippen LogP contribution in [-0.2, 0) is 4.74 Å². The summed E-state index contributed by atoms with van der Waals surface area (Å²) in [5, 5.41) is 27.9. The second-order valence-electron chi connectivity index (χ2n) is 6.15. The zero-order valence-electron chi connectivity index (χ0n) is 16.3. The molecule has 11 heteroatoms. The summed E-state index contributed by atoms with van der Waals surface area (Å²) in [6.45, 7) is 1.66. The number of hydrogen-bond donors (Lipinski definition) is 2. The van der Waals surface area contributed by atoms with Gasteiger partial charge in [-0.25, -0.2) is 14.5 Å². The number of carbonyl (C=O) groups excluding carboxylic acids is 2. The lowest BCUT2D eigenvalue weighted by atomic mass is 10.1. The molecule has 2 heterocycles. The van der Waals surface area contributed by atoms with Crippen molar-refractivity contribution < 1.29 is 14.3 Å². The highest BCUT2D eigenvalue weighted by atomic mass is 35.5. The molecule has 0 aliphatic rings. The summed E-state index contributed by atoms with van der Waals surface area (Å²) < 4.78 is 5.76. The fourth-order valence-corrected chi connectivity index (χ4v) is 2.95. The van der Waals surface area contributed by atoms with Crippen LogP contribution in [0.4, 0.5) is 16.2 Å². The van der Waals surface area contributed by atoms with Crippen molar-refractivity contribution in [1.29, 1.82) is 10.5 Å². The van der Waals surface area contributed by atoms with E-state index in [0.29, 0.717) is 5.56 Å². The minimum absolute atomic E-state index is 0.00933. The highest BCUT2D eigenvalue weighted by Crippen LogP contribution is 2.29. The Morgan fingerprint density at radius 1 is 1.19 bits per heavy atom. The third-order valence-corrected chi connectivity index (χ3v) is 4.42. The van der Waals surface area contributed by atoms with E-state index in [2.05, 4.69) is 25.5 Å². The molecule has 2 aromatic heterocycles. The Bertz CT molecular complexity index is 1270. The minimum atomic E-state index is -0.776. The number of halogens is 1. The molecule has 0 spiro atoms. The number of rotatable bonds is 4. The number of aromatic nitrogens is 3. The summed E-state index contributed by atoms with van der Waals surface area (Å²) in [6, 6.07) is 11.3. The van der Waals surface area contributed by atoms with Gasteiger partial charge in [0.1, 0.15) is 11.8 Å². The van der Waals surface area contributed by atoms with Gasteiger partial charge in [-0.05, 0) is 36.8 Å². The number of pyridine rings is 1. The van der Waals surface area contributed by atoms with Crippen LogP contribution in [0.15, 0.2) is 36.5 Å². The molecular formula is C20H14ClN7O3. The summed E-state index contributed by atoms with van der Waals surface area (Å²) in [7, 11) is 1.19. The largest absolute Gasteiger partial charge is 0.453 e. The number of methoxy groups -OCH3 is 1. The van der Waals surface area contributed by atoms with Gasteiger partial charge < -0.3 is 10.1 Å². The van der Waals surface area contributed by atoms with E-state index in [0.717, 1.165) is 4.68 Å². The molecule has 0 bridgehead atoms. The highest BCUT2D eigenvalue weighted by Gasteiger charge is 2.21. The van der Waals surface area contributed by atoms with E-state index in [1.165, 1.54) is 25.4 Å². The molecule has 31 heavy (non-hydrogen) atoms. The first-order valence-electron chi connectivity index (χ1n) is 8.70. The van der Waals surface area contributed by atoms with Crippen LogP contribution in [0, 0.1) is 29.6 Å². The van der Waals surface area contributed by atoms with Gasteiger partial charge in [-0.1, -0.05) is 11.6 Å². The standard InChI is InChI=1S/C20H14ClN7O3/c1-11-6-12(9-22)7-15(25-20(30)31-2)17(11)26-19(29)16-8-13(10-23)27-28(16)18-14(21)4-3-5-24-18/h3-8H,1-2H3,(H,25,30)(H,26,29). The van der Waals surface area contributed by atoms with E-state index in [1.807, 2.05) is 12.1 Å². The Morgan fingerprint density at radius 3 is 2.61 bits per heavy atom. The molecule has 3 rings (SSSR count). The van der Waals surface area contributed by atoms with Crippen molar-refractivity contribution >= 4 is 35.0 Å². The highest BCUT2D eigenvalue weighted by molar-refractivity contribution is 6.32. The number of amides is 2. The van der Waals surface area contributed by atoms with Gasteiger partial charge in [-0.3, -0.25) is 10.1 Å². The zero-order valence-corrected chi connectivity index (χ0v) is 17.1. The number of carbonyl (C=O) groups is 2. The molecule has 2 N–H and O–H groups in total. The van der Waals surface area contributed by atoms with Gasteiger partial charge >= 0.3 is 6.09 Å². The third kappa shape index (κ3) is 4.45. The predicted molar refractivity (Wildman–Crippen MR) is 111 cm³/mol. The van der Waals surface area contributed by atoms with Crippen molar-refractivity contribution in [1.82, 2.24) is 14.8 Å². The van der Waals surface area contributed by atoms with Gasteiger partial charge in [0.25, 0.3) is 5.91 Å². The minimum Gasteiger partial charge on any atom is -0.453 e. The van der Waals surface area contributed by atoms with E-state index >= 15 is 0 Å². The van der Waals surface area contributed by atoms with Gasteiger partial charge in [-0.15, -0.1) is 0 Å². The number of ether oxygens (including phenoxy) is 1. The van der Waals surface area contributed by atoms with Crippen molar-refractivity contribution in [3.8, 4) is 18.0 Å². The van der Waals surface area contributed by atoms with Crippen LogP contribution in [0.1, 0.15) is 27.3 Å². The first kappa shape index (κ1) is 21.3. The number of nitrogens with zero attached hydrogens (tertiary/aromatic N) is 5. The van der Waals surface area contributed by atoms with E-state index in [4.69, 9.17) is 11.6 Å². The Morgan fingerprint density at radius 2 is 1.97 bits per heavy atom. The first-order valence-corrected chi connectivity index (χ1v) is 9.07. The fraction of sp³-hybridized carbons (Fsp3) is 0.100. The maximum Gasteiger partial charge on any atom is 0.411 e. The van der Waals surface area contributed by atoms with Gasteiger partial charge in [-0.2, -0.15) is 15.6 Å². The van der Waals surface area contributed by atoms with Crippen LogP contribution >= 0.6 is 11.6 Å². The van der Waals surface area contributed by atoms with Crippen molar-refractivity contribution in [3.63, 3.8) is 0 Å². The van der Waals surface area contributed by atoms with E-state index in [9.17, 15) is 20.1 Å². The molecule has 0 aliphatic heterocycles. The molecule has 0 radical (unpaired) electrons. The third-order valence-electron chi connectivity index (χ3n) is 4.12. The van der Waals surface area contributed by atoms with Gasteiger partial charge in [0, 0.05) is 12.3 Å². The van der Waals surface area contributed by atoms with Crippen LogP contribution in [-0.4, -0.2) is 33.9 Å². The van der Waals surface area contributed by atoms with Crippen LogP contribution in [0.2, 0.25) is 5.02 Å². The van der Waals surface area contributed by atoms with E-state index in [1.54, 1.807) is 25.1 Å². The van der Waals surface area contributed by atoms with Crippen molar-refractivity contribution in [2.24, 2.45) is 0 Å². The Kier molecular flexibility index (Phi) is 6.15. The number of nitriles is 2. The smallest absolute Gasteiger partial charge is 0.411 e. The molecule has 0 fully saturated rings. The van der Waals surface area contributed by atoms with Gasteiger partial charge in [0.05, 0.1) is 35.1 Å². The molecule has 1 aromatic carbocycles. The van der Waals surface area contributed by atoms with Crippen molar-refractivity contribution in [2.45, 2.75) is 6.92 Å². The Hall–Kier alpha value is -4.41. The average molecular weight is 436 g/mol. The second kappa shape index (κ2) is 8.95. The molecular weight excluding hydrogens is 422 g/mol. The number of nitrogens with one attached hydrogen (secondary N) is 2. The molecule has 0 atom stereocenters. The van der Waals surface area contributed by atoms with Crippen LogP contribution in [0.5, 0.6) is 0 Å². The Labute approximate surface area is 181 Å². The number of anilines is 2. The molecule has 0 aliphatic carbocycles. The maximum atomic E-state index is 13.1. The van der Waals surface area contributed by atoms with E-state index in [-0.39, 0.29) is 39.2 Å². The van der Waals surface area contributed by atoms with Crippen molar-refractivity contribution in [2.75, 3.05) is 17.7 Å². The van der Waals surface area contributed by atoms with Crippen LogP contribution in [0.3, 0.4) is 0 Å². The normalized spacial score (nSPS) is 9.97. The molecule has 0 unspecified atom stereocenters. The molecule has 0 saturated carbocycles. The molecule has 0 saturated heterocycles. The Balaban J connectivity index is 2.06. The lowest BCUT2D eigenvalue weighted by Crippen LogP contribution is -2.20. The molecule has 3 aromatic rings. The lowest BCUT2D eigenvalue weighted by molar-refractivity contribution is 0.101. The summed E-state index contributed by atoms with van der Waals surface area (Å²) in [5.41, 5.74) is 1.17. The van der Waals surface area contributed by atoms with Crippen LogP contribution < -0.4 is 10.6 Å². The second-order valence-corrected chi connectivity index (χ2v) is 6.55. The lowest BCUT2D eigenvalue weighted by Gasteiger charge is -2.15. The summed E-state index contributed by atoms with van der Waals surface area (Å²) in [5.74, 6) is -0.475. The SMILES string of the molecule is COC(=O)Nc1cc(C#N)cc(C)c1NC(=O)c1cc(C#N)nn1-c1ncccc1Cl. The first-order chi connectivity index (χ1) is 14.9. The summed E-state index contributed by atoms with van der Waals surface area (Å²) in [6.07, 6.45) is 0.696.